The maximum Gasteiger partial charge on any atom is 0.337 e. The molecule has 0 spiro atoms. The number of carbonyl (C=O) groups is 2. The van der Waals surface area contributed by atoms with Crippen LogP contribution in [0.4, 0.5) is 0 Å². The van der Waals surface area contributed by atoms with Gasteiger partial charge in [0.15, 0.2) is 0 Å². The summed E-state index contributed by atoms with van der Waals surface area (Å²) >= 11 is 5.89. The van der Waals surface area contributed by atoms with Crippen LogP contribution in [0, 0.1) is 0 Å². The van der Waals surface area contributed by atoms with Crippen molar-refractivity contribution in [1.82, 2.24) is 4.31 Å². The van der Waals surface area contributed by atoms with E-state index in [0.717, 1.165) is 4.31 Å². The Balaban J connectivity index is 3.09. The predicted octanol–water partition coefficient (Wildman–Crippen LogP) is 1.22. The number of sulfonamides is 1. The molecular weight excluding hydrogens is 322 g/mol. The average Bonchev–Trinajstić information content (AvgIpc) is 2.43. The summed E-state index contributed by atoms with van der Waals surface area (Å²) < 4.78 is 29.9. The fourth-order valence-corrected chi connectivity index (χ4v) is 3.18. The Kier molecular flexibility index (Phi) is 5.70. The van der Waals surface area contributed by atoms with Crippen molar-refractivity contribution in [2.45, 2.75) is 11.3 Å². The maximum atomic E-state index is 12.2. The molecule has 21 heavy (non-hydrogen) atoms. The highest BCUT2D eigenvalue weighted by Crippen LogP contribution is 2.25. The van der Waals surface area contributed by atoms with Crippen LogP contribution in [0.15, 0.2) is 23.1 Å². The van der Waals surface area contributed by atoms with E-state index < -0.39 is 22.0 Å². The van der Waals surface area contributed by atoms with Crippen molar-refractivity contribution in [3.8, 4) is 0 Å². The fourth-order valence-electron chi connectivity index (χ4n) is 1.50. The van der Waals surface area contributed by atoms with E-state index in [4.69, 9.17) is 16.7 Å². The first kappa shape index (κ1) is 17.4. The van der Waals surface area contributed by atoms with E-state index in [1.165, 1.54) is 32.4 Å². The van der Waals surface area contributed by atoms with Gasteiger partial charge in [0.1, 0.15) is 4.90 Å². The lowest BCUT2D eigenvalue weighted by Gasteiger charge is -2.17. The number of hydrogen-bond donors (Lipinski definition) is 1. The van der Waals surface area contributed by atoms with Crippen LogP contribution >= 0.6 is 11.6 Å². The lowest BCUT2D eigenvalue weighted by atomic mass is 10.2. The summed E-state index contributed by atoms with van der Waals surface area (Å²) in [6.45, 7) is -0.188. The molecule has 0 radical (unpaired) electrons. The van der Waals surface area contributed by atoms with Gasteiger partial charge >= 0.3 is 11.9 Å². The molecule has 0 atom stereocenters. The van der Waals surface area contributed by atoms with Gasteiger partial charge in [0, 0.05) is 13.6 Å². The van der Waals surface area contributed by atoms with E-state index in [0.29, 0.717) is 0 Å². The molecule has 1 rings (SSSR count). The van der Waals surface area contributed by atoms with Crippen LogP contribution in [0.2, 0.25) is 5.02 Å². The number of aliphatic carboxylic acids is 1. The molecule has 0 aliphatic carbocycles. The summed E-state index contributed by atoms with van der Waals surface area (Å²) in [7, 11) is -1.48. The van der Waals surface area contributed by atoms with E-state index in [2.05, 4.69) is 4.74 Å². The molecule has 0 aromatic heterocycles. The normalized spacial score (nSPS) is 11.4. The summed E-state index contributed by atoms with van der Waals surface area (Å²) in [4.78, 5) is 21.6. The molecule has 0 saturated carbocycles. The summed E-state index contributed by atoms with van der Waals surface area (Å²) in [5, 5.41) is 8.44. The van der Waals surface area contributed by atoms with Gasteiger partial charge in [-0.15, -0.1) is 0 Å². The standard InChI is InChI=1S/C12H14ClNO6S/c1-14(6-5-11(15)16)21(18,19)10-4-3-8(7-9(10)13)12(17)20-2/h3-4,7H,5-6H2,1-2H3,(H,15,16). The number of carboxylic acids is 1. The van der Waals surface area contributed by atoms with E-state index >= 15 is 0 Å². The molecule has 116 valence electrons. The van der Waals surface area contributed by atoms with Crippen LogP contribution in [0.1, 0.15) is 16.8 Å². The van der Waals surface area contributed by atoms with Gasteiger partial charge in [-0.3, -0.25) is 4.79 Å². The van der Waals surface area contributed by atoms with Crippen LogP contribution in [0.3, 0.4) is 0 Å². The highest BCUT2D eigenvalue weighted by atomic mass is 35.5. The van der Waals surface area contributed by atoms with Crippen LogP contribution in [-0.4, -0.2) is 50.5 Å². The molecule has 0 amide bonds. The van der Waals surface area contributed by atoms with Gasteiger partial charge in [-0.2, -0.15) is 0 Å². The number of carboxylic acid groups (broad SMARTS) is 1. The van der Waals surface area contributed by atoms with Gasteiger partial charge in [-0.25, -0.2) is 17.5 Å². The highest BCUT2D eigenvalue weighted by molar-refractivity contribution is 7.89. The molecular formula is C12H14ClNO6S. The Bertz CT molecular complexity index is 658. The second-order valence-electron chi connectivity index (χ2n) is 4.11. The van der Waals surface area contributed by atoms with Crippen LogP contribution < -0.4 is 0 Å². The van der Waals surface area contributed by atoms with Crippen LogP contribution in [0.5, 0.6) is 0 Å². The fraction of sp³-hybridized carbons (Fsp3) is 0.333. The molecule has 0 unspecified atom stereocenters. The van der Waals surface area contributed by atoms with Crippen molar-refractivity contribution in [3.63, 3.8) is 0 Å². The second-order valence-corrected chi connectivity index (χ2v) is 6.53. The Hall–Kier alpha value is -1.64. The number of hydrogen-bond acceptors (Lipinski definition) is 5. The SMILES string of the molecule is COC(=O)c1ccc(S(=O)(=O)N(C)CCC(=O)O)c(Cl)c1. The van der Waals surface area contributed by atoms with E-state index in [1.807, 2.05) is 0 Å². The largest absolute Gasteiger partial charge is 0.481 e. The third-order valence-corrected chi connectivity index (χ3v) is 5.02. The number of rotatable bonds is 6. The maximum absolute atomic E-state index is 12.2. The Morgan fingerprint density at radius 3 is 2.48 bits per heavy atom. The number of halogens is 1. The first-order valence-corrected chi connectivity index (χ1v) is 7.58. The molecule has 1 aromatic carbocycles. The van der Waals surface area contributed by atoms with Gasteiger partial charge in [-0.05, 0) is 18.2 Å². The van der Waals surface area contributed by atoms with Gasteiger partial charge in [-0.1, -0.05) is 11.6 Å². The Morgan fingerprint density at radius 1 is 1.38 bits per heavy atom. The number of benzene rings is 1. The van der Waals surface area contributed by atoms with Crippen molar-refractivity contribution < 1.29 is 27.9 Å². The zero-order chi connectivity index (χ0) is 16.2. The predicted molar refractivity (Wildman–Crippen MR) is 74.9 cm³/mol. The monoisotopic (exact) mass is 335 g/mol. The number of ether oxygens (including phenoxy) is 1. The zero-order valence-corrected chi connectivity index (χ0v) is 12.9. The number of carbonyl (C=O) groups excluding carboxylic acids is 1. The number of esters is 1. The van der Waals surface area contributed by atoms with E-state index in [1.54, 1.807) is 0 Å². The van der Waals surface area contributed by atoms with Crippen molar-refractivity contribution >= 4 is 33.6 Å². The molecule has 0 heterocycles. The minimum absolute atomic E-state index is 0.120. The molecule has 1 N–H and O–H groups in total. The molecule has 7 nitrogen and oxygen atoms in total. The molecule has 9 heteroatoms. The molecule has 0 fully saturated rings. The van der Waals surface area contributed by atoms with Gasteiger partial charge in [0.2, 0.25) is 10.0 Å². The third-order valence-electron chi connectivity index (χ3n) is 2.68. The summed E-state index contributed by atoms with van der Waals surface area (Å²) in [5.41, 5.74) is 0.120. The first-order valence-electron chi connectivity index (χ1n) is 5.76. The Labute approximate surface area is 127 Å². The second kappa shape index (κ2) is 6.88. The first-order chi connectivity index (χ1) is 9.70. The molecule has 0 aliphatic heterocycles. The summed E-state index contributed by atoms with van der Waals surface area (Å²) in [6, 6.07) is 3.64. The quantitative estimate of drug-likeness (QED) is 0.784. The van der Waals surface area contributed by atoms with Crippen LogP contribution in [-0.2, 0) is 19.6 Å². The highest BCUT2D eigenvalue weighted by Gasteiger charge is 2.24. The smallest absolute Gasteiger partial charge is 0.337 e. The van der Waals surface area contributed by atoms with Gasteiger partial charge in [0.05, 0.1) is 24.1 Å². The topological polar surface area (TPSA) is 101 Å². The lowest BCUT2D eigenvalue weighted by molar-refractivity contribution is -0.137. The van der Waals surface area contributed by atoms with Crippen LogP contribution in [0.25, 0.3) is 0 Å². The molecule has 0 saturated heterocycles. The minimum atomic E-state index is -3.93. The van der Waals surface area contributed by atoms with Crippen molar-refractivity contribution in [3.05, 3.63) is 28.8 Å². The van der Waals surface area contributed by atoms with E-state index in [9.17, 15) is 18.0 Å². The Morgan fingerprint density at radius 2 is 2.00 bits per heavy atom. The number of methoxy groups -OCH3 is 1. The van der Waals surface area contributed by atoms with Crippen molar-refractivity contribution in [2.75, 3.05) is 20.7 Å². The summed E-state index contributed by atoms with van der Waals surface area (Å²) in [6.07, 6.45) is -0.326. The van der Waals surface area contributed by atoms with E-state index in [-0.39, 0.29) is 28.4 Å². The molecule has 0 bridgehead atoms. The average molecular weight is 336 g/mol. The molecule has 1 aromatic rings. The van der Waals surface area contributed by atoms with Gasteiger partial charge in [0.25, 0.3) is 0 Å². The third kappa shape index (κ3) is 4.16. The summed E-state index contributed by atoms with van der Waals surface area (Å²) in [5.74, 6) is -1.75. The zero-order valence-electron chi connectivity index (χ0n) is 11.4. The molecule has 0 aliphatic rings. The lowest BCUT2D eigenvalue weighted by Crippen LogP contribution is -2.29. The number of nitrogens with zero attached hydrogens (tertiary/aromatic N) is 1. The van der Waals surface area contributed by atoms with Crippen molar-refractivity contribution in [1.29, 1.82) is 0 Å². The minimum Gasteiger partial charge on any atom is -0.481 e. The van der Waals surface area contributed by atoms with Crippen molar-refractivity contribution in [2.24, 2.45) is 0 Å². The van der Waals surface area contributed by atoms with Gasteiger partial charge < -0.3 is 9.84 Å².